The summed E-state index contributed by atoms with van der Waals surface area (Å²) >= 11 is 0.718. The largest absolute Gasteiger partial charge is 0.481 e. The number of ether oxygens (including phenoxy) is 1. The molecule has 2 aromatic rings. The Kier molecular flexibility index (Phi) is 18.9. The second-order valence-corrected chi connectivity index (χ2v) is 17.8. The number of phosphoric acid groups is 3. The molecule has 328 valence electrons. The Morgan fingerprint density at radius 1 is 1.02 bits per heavy atom. The van der Waals surface area contributed by atoms with Crippen LogP contribution in [0.2, 0.25) is 0 Å². The zero-order valence-corrected chi connectivity index (χ0v) is 34.0. The van der Waals surface area contributed by atoms with Crippen molar-refractivity contribution in [2.24, 2.45) is 5.41 Å². The lowest BCUT2D eigenvalue weighted by molar-refractivity contribution is -0.139. The van der Waals surface area contributed by atoms with E-state index in [1.54, 1.807) is 0 Å². The maximum Gasteiger partial charge on any atom is 0.481 e. The molecule has 0 radical (unpaired) electrons. The van der Waals surface area contributed by atoms with Gasteiger partial charge in [0.25, 0.3) is 5.97 Å². The standard InChI is InChI=1S/C24H38N7O19P3S.C2H4O2/c1-24(2,19(37)22(38)27-4-3-13(32)26-5-6-54-15(35)7-14(33)34)9-47-53(44,45)50-52(42,43)46-8-12-18(49-51(39,40)41)17(36)23(48-12)31-11-30-16-20(25)28-10-29-21(16)31;1-2(3)4/h10-12,17-19,23,36-37H,3-9H2,1-2H3,(H,26,32)(H,27,38)(H,33,34)(H,42,43)(H,44,45)(H2,25,28,29)(H2,39,40,41);1H3,(H,3,4)/t12-,17-,18-,19?,23-;/m1./s1. The van der Waals surface area contributed by atoms with Crippen molar-refractivity contribution in [3.05, 3.63) is 12.7 Å². The van der Waals surface area contributed by atoms with Crippen molar-refractivity contribution in [3.8, 4) is 0 Å². The highest BCUT2D eigenvalue weighted by atomic mass is 32.2. The number of carbonyl (C=O) groups is 5. The van der Waals surface area contributed by atoms with Crippen LogP contribution in [0, 0.1) is 5.41 Å². The molecule has 3 rings (SSSR count). The smallest absolute Gasteiger partial charge is 0.481 e. The maximum atomic E-state index is 12.6. The lowest BCUT2D eigenvalue weighted by atomic mass is 9.87. The minimum atomic E-state index is -5.59. The molecule has 1 aliphatic heterocycles. The van der Waals surface area contributed by atoms with Crippen molar-refractivity contribution < 1.29 is 100 Å². The molecule has 0 aliphatic carbocycles. The number of aliphatic carboxylic acids is 2. The van der Waals surface area contributed by atoms with Gasteiger partial charge >= 0.3 is 29.4 Å². The normalized spacial score (nSPS) is 20.8. The Balaban J connectivity index is 0.00000276. The Labute approximate surface area is 331 Å². The number of rotatable bonds is 21. The van der Waals surface area contributed by atoms with Crippen molar-refractivity contribution in [1.29, 1.82) is 0 Å². The number of aliphatic hydroxyl groups excluding tert-OH is 2. The van der Waals surface area contributed by atoms with Crippen LogP contribution in [0.3, 0.4) is 0 Å². The van der Waals surface area contributed by atoms with Gasteiger partial charge in [0.1, 0.15) is 42.7 Å². The van der Waals surface area contributed by atoms with Crippen LogP contribution < -0.4 is 16.4 Å². The summed E-state index contributed by atoms with van der Waals surface area (Å²) in [7, 11) is -16.4. The molecule has 0 aromatic carbocycles. The van der Waals surface area contributed by atoms with Gasteiger partial charge in [0.15, 0.2) is 22.8 Å². The number of carboxylic acids is 2. The molecule has 3 unspecified atom stereocenters. The Bertz CT molecular complexity index is 1930. The predicted molar refractivity (Wildman–Crippen MR) is 193 cm³/mol. The minimum Gasteiger partial charge on any atom is -0.481 e. The third kappa shape index (κ3) is 17.0. The molecule has 32 heteroatoms. The van der Waals surface area contributed by atoms with Crippen molar-refractivity contribution in [1.82, 2.24) is 30.2 Å². The van der Waals surface area contributed by atoms with Gasteiger partial charge in [-0.05, 0) is 0 Å². The monoisotopic (exact) mass is 913 g/mol. The molecule has 1 saturated heterocycles. The van der Waals surface area contributed by atoms with E-state index >= 15 is 0 Å². The summed E-state index contributed by atoms with van der Waals surface area (Å²) in [5.41, 5.74) is 4.19. The fourth-order valence-corrected chi connectivity index (χ4v) is 7.96. The molecule has 0 bridgehead atoms. The molecule has 2 amide bonds. The van der Waals surface area contributed by atoms with Crippen molar-refractivity contribution in [2.75, 3.05) is 37.8 Å². The molecule has 1 fully saturated rings. The van der Waals surface area contributed by atoms with E-state index in [4.69, 9.17) is 34.5 Å². The number of carboxylic acid groups (broad SMARTS) is 2. The number of nitrogens with one attached hydrogen (secondary N) is 2. The maximum absolute atomic E-state index is 12.6. The van der Waals surface area contributed by atoms with Gasteiger partial charge < -0.3 is 61.1 Å². The minimum absolute atomic E-state index is 0.0185. The Morgan fingerprint density at radius 2 is 1.64 bits per heavy atom. The van der Waals surface area contributed by atoms with Gasteiger partial charge in [-0.2, -0.15) is 4.31 Å². The number of nitrogen functional groups attached to an aromatic ring is 1. The van der Waals surface area contributed by atoms with Crippen LogP contribution in [0.15, 0.2) is 12.7 Å². The van der Waals surface area contributed by atoms with E-state index in [2.05, 4.69) is 34.4 Å². The molecule has 2 aromatic heterocycles. The van der Waals surface area contributed by atoms with E-state index in [-0.39, 0.29) is 42.2 Å². The Morgan fingerprint density at radius 3 is 2.24 bits per heavy atom. The third-order valence-electron chi connectivity index (χ3n) is 7.06. The molecule has 28 nitrogen and oxygen atoms in total. The van der Waals surface area contributed by atoms with Gasteiger partial charge in [-0.3, -0.25) is 42.1 Å². The van der Waals surface area contributed by atoms with Crippen LogP contribution >= 0.6 is 35.2 Å². The van der Waals surface area contributed by atoms with Crippen LogP contribution in [0.1, 0.15) is 39.8 Å². The first-order valence-corrected chi connectivity index (χ1v) is 21.6. The second kappa shape index (κ2) is 21.7. The Hall–Kier alpha value is -3.50. The summed E-state index contributed by atoms with van der Waals surface area (Å²) < 4.78 is 61.8. The van der Waals surface area contributed by atoms with Crippen molar-refractivity contribution in [3.63, 3.8) is 0 Å². The number of thioether (sulfide) groups is 1. The molecule has 3 heterocycles. The average molecular weight is 914 g/mol. The van der Waals surface area contributed by atoms with Crippen molar-refractivity contribution >= 4 is 81.1 Å². The van der Waals surface area contributed by atoms with Gasteiger partial charge in [0, 0.05) is 37.6 Å². The quantitative estimate of drug-likeness (QED) is 0.0375. The lowest BCUT2D eigenvalue weighted by Gasteiger charge is -2.30. The molecule has 0 spiro atoms. The average Bonchev–Trinajstić information content (AvgIpc) is 3.64. The van der Waals surface area contributed by atoms with Gasteiger partial charge in [-0.15, -0.1) is 0 Å². The van der Waals surface area contributed by atoms with Gasteiger partial charge in [-0.1, -0.05) is 25.6 Å². The first kappa shape index (κ1) is 50.6. The van der Waals surface area contributed by atoms with E-state index in [0.29, 0.717) is 0 Å². The SMILES string of the molecule is CC(=O)O.CC(C)(COP(=O)(O)OP(=O)(O)OC[C@H]1O[C@@H](n2cnc3c(N)ncnc32)[C@H](O)[C@@H]1OP(=O)(O)O)C(O)C(=O)NCCC(=O)NCCSC(=O)CC(=O)O. The van der Waals surface area contributed by atoms with Crippen LogP contribution in [-0.2, 0) is 60.3 Å². The van der Waals surface area contributed by atoms with E-state index in [1.165, 1.54) is 13.8 Å². The number of anilines is 1. The lowest BCUT2D eigenvalue weighted by Crippen LogP contribution is -2.46. The molecule has 7 atom stereocenters. The summed E-state index contributed by atoms with van der Waals surface area (Å²) in [6.45, 7) is 1.22. The number of hydrogen-bond acceptors (Lipinski definition) is 20. The van der Waals surface area contributed by atoms with E-state index in [1.807, 2.05) is 0 Å². The van der Waals surface area contributed by atoms with Gasteiger partial charge in [0.05, 0.1) is 19.5 Å². The van der Waals surface area contributed by atoms with Crippen molar-refractivity contribution in [2.45, 2.75) is 64.3 Å². The van der Waals surface area contributed by atoms with Crippen LogP contribution in [0.4, 0.5) is 5.82 Å². The highest BCUT2D eigenvalue weighted by molar-refractivity contribution is 8.13. The first-order chi connectivity index (χ1) is 26.6. The fraction of sp³-hybridized carbons (Fsp3) is 0.615. The summed E-state index contributed by atoms with van der Waals surface area (Å²) in [5, 5.41) is 41.4. The van der Waals surface area contributed by atoms with Crippen LogP contribution in [0.25, 0.3) is 11.2 Å². The fourth-order valence-electron chi connectivity index (χ4n) is 4.47. The summed E-state index contributed by atoms with van der Waals surface area (Å²) in [5.74, 6) is -3.63. The molecule has 58 heavy (non-hydrogen) atoms. The highest BCUT2D eigenvalue weighted by Gasteiger charge is 2.50. The number of fused-ring (bicyclic) bond motifs is 1. The zero-order chi connectivity index (χ0) is 44.2. The number of phosphoric ester groups is 3. The molecule has 1 aliphatic rings. The molecule has 0 saturated carbocycles. The number of amides is 2. The number of nitrogens with zero attached hydrogens (tertiary/aromatic N) is 4. The number of nitrogens with two attached hydrogens (primary N) is 1. The van der Waals surface area contributed by atoms with E-state index in [0.717, 1.165) is 35.9 Å². The first-order valence-electron chi connectivity index (χ1n) is 16.1. The highest BCUT2D eigenvalue weighted by Crippen LogP contribution is 2.61. The second-order valence-electron chi connectivity index (χ2n) is 12.4. The number of carbonyl (C=O) groups excluding carboxylic acids is 3. The van der Waals surface area contributed by atoms with Gasteiger partial charge in [-0.25, -0.2) is 28.6 Å². The summed E-state index contributed by atoms with van der Waals surface area (Å²) in [6, 6.07) is 0. The topological polar surface area (TPSA) is 438 Å². The molecular weight excluding hydrogens is 871 g/mol. The summed E-state index contributed by atoms with van der Waals surface area (Å²) in [4.78, 5) is 106. The number of imidazole rings is 1. The van der Waals surface area contributed by atoms with E-state index < -0.39 is 108 Å². The van der Waals surface area contributed by atoms with E-state index in [9.17, 15) is 62.7 Å². The predicted octanol–water partition coefficient (Wildman–Crippen LogP) is -1.77. The van der Waals surface area contributed by atoms with Crippen LogP contribution in [-0.4, -0.2) is 145 Å². The number of hydrogen-bond donors (Lipinski definition) is 11. The van der Waals surface area contributed by atoms with Crippen LogP contribution in [0.5, 0.6) is 0 Å². The summed E-state index contributed by atoms with van der Waals surface area (Å²) in [6.07, 6.45) is -7.78. The zero-order valence-electron chi connectivity index (χ0n) is 30.5. The number of aromatic nitrogens is 4. The number of aliphatic hydroxyl groups is 2. The third-order valence-corrected chi connectivity index (χ3v) is 11.0. The molecular formula is C26H42N7O21P3S. The molecule has 12 N–H and O–H groups in total. The van der Waals surface area contributed by atoms with Gasteiger partial charge in [0.2, 0.25) is 11.8 Å².